The van der Waals surface area contributed by atoms with Gasteiger partial charge in [0.2, 0.25) is 0 Å². The van der Waals surface area contributed by atoms with E-state index in [9.17, 15) is 4.79 Å². The summed E-state index contributed by atoms with van der Waals surface area (Å²) < 4.78 is 2.26. The summed E-state index contributed by atoms with van der Waals surface area (Å²) in [4.78, 5) is 19.1. The highest BCUT2D eigenvalue weighted by atomic mass is 16.2. The third-order valence-corrected chi connectivity index (χ3v) is 4.86. The van der Waals surface area contributed by atoms with E-state index in [1.165, 1.54) is 6.42 Å². The highest BCUT2D eigenvalue weighted by Gasteiger charge is 2.27. The first-order valence-corrected chi connectivity index (χ1v) is 9.35. The maximum Gasteiger partial charge on any atom is 0.317 e. The van der Waals surface area contributed by atoms with E-state index in [4.69, 9.17) is 0 Å². The number of carbonyl (C=O) groups is 1. The van der Waals surface area contributed by atoms with Gasteiger partial charge in [0.15, 0.2) is 0 Å². The number of benzene rings is 1. The van der Waals surface area contributed by atoms with Gasteiger partial charge in [-0.15, -0.1) is 0 Å². The summed E-state index contributed by atoms with van der Waals surface area (Å²) in [6.45, 7) is 5.38. The monoisotopic (exact) mass is 340 g/mol. The van der Waals surface area contributed by atoms with Gasteiger partial charge in [-0.05, 0) is 24.8 Å². The summed E-state index contributed by atoms with van der Waals surface area (Å²) in [7, 11) is 0. The molecule has 2 heterocycles. The van der Waals surface area contributed by atoms with Crippen LogP contribution in [0.1, 0.15) is 49.9 Å². The number of rotatable bonds is 6. The predicted octanol–water partition coefficient (Wildman–Crippen LogP) is 3.77. The van der Waals surface area contributed by atoms with Crippen LogP contribution in [0.3, 0.4) is 0 Å². The lowest BCUT2D eigenvalue weighted by Gasteiger charge is -2.32. The molecule has 0 bridgehead atoms. The van der Waals surface area contributed by atoms with Crippen LogP contribution in [0.2, 0.25) is 0 Å². The number of likely N-dealkylation sites (tertiary alicyclic amines) is 1. The van der Waals surface area contributed by atoms with Crippen LogP contribution in [0.5, 0.6) is 0 Å². The molecule has 2 amide bonds. The van der Waals surface area contributed by atoms with E-state index in [1.807, 2.05) is 41.4 Å². The Bertz CT molecular complexity index is 667. The van der Waals surface area contributed by atoms with Crippen molar-refractivity contribution in [2.45, 2.75) is 51.6 Å². The van der Waals surface area contributed by atoms with Gasteiger partial charge in [0.05, 0.1) is 0 Å². The maximum absolute atomic E-state index is 12.5. The average Bonchev–Trinajstić information content (AvgIpc) is 3.14. The number of piperidine rings is 1. The molecule has 1 aliphatic rings. The molecule has 0 radical (unpaired) electrons. The Kier molecular flexibility index (Phi) is 6.09. The van der Waals surface area contributed by atoms with Gasteiger partial charge >= 0.3 is 6.03 Å². The van der Waals surface area contributed by atoms with Gasteiger partial charge in [-0.1, -0.05) is 43.7 Å². The molecule has 1 N–H and O–H groups in total. The standard InChI is InChI=1S/C20H28N4O/c1-2-3-12-23-14-11-21-19(23)18-10-7-13-24(16-18)20(25)22-15-17-8-5-4-6-9-17/h4-6,8-9,11,14,18H,2-3,7,10,12-13,15-16H2,1H3,(H,22,25). The molecule has 2 aromatic rings. The lowest BCUT2D eigenvalue weighted by molar-refractivity contribution is 0.177. The molecule has 5 nitrogen and oxygen atoms in total. The Morgan fingerprint density at radius 3 is 2.96 bits per heavy atom. The molecule has 1 aliphatic heterocycles. The fraction of sp³-hybridized carbons (Fsp3) is 0.500. The van der Waals surface area contributed by atoms with Crippen molar-refractivity contribution in [1.29, 1.82) is 0 Å². The Labute approximate surface area is 150 Å². The highest BCUT2D eigenvalue weighted by Crippen LogP contribution is 2.26. The molecule has 1 saturated heterocycles. The van der Waals surface area contributed by atoms with Crippen LogP contribution in [0, 0.1) is 0 Å². The molecule has 134 valence electrons. The summed E-state index contributed by atoms with van der Waals surface area (Å²) in [6.07, 6.45) is 8.43. The molecule has 1 fully saturated rings. The SMILES string of the molecule is CCCCn1ccnc1C1CCCN(C(=O)NCc2ccccc2)C1. The van der Waals surface area contributed by atoms with Crippen molar-refractivity contribution in [3.63, 3.8) is 0 Å². The first-order valence-electron chi connectivity index (χ1n) is 9.35. The van der Waals surface area contributed by atoms with E-state index in [2.05, 4.69) is 28.0 Å². The summed E-state index contributed by atoms with van der Waals surface area (Å²) in [5, 5.41) is 3.04. The van der Waals surface area contributed by atoms with E-state index in [0.717, 1.165) is 50.3 Å². The Morgan fingerprint density at radius 2 is 2.16 bits per heavy atom. The van der Waals surface area contributed by atoms with Crippen LogP contribution in [0.4, 0.5) is 4.79 Å². The van der Waals surface area contributed by atoms with E-state index in [0.29, 0.717) is 12.5 Å². The first-order chi connectivity index (χ1) is 12.3. The number of unbranched alkanes of at least 4 members (excludes halogenated alkanes) is 1. The van der Waals surface area contributed by atoms with Crippen molar-refractivity contribution in [1.82, 2.24) is 19.8 Å². The second kappa shape index (κ2) is 8.70. The Balaban J connectivity index is 1.57. The van der Waals surface area contributed by atoms with Gasteiger partial charge in [0, 0.05) is 44.5 Å². The molecule has 3 rings (SSSR count). The number of hydrogen-bond acceptors (Lipinski definition) is 2. The molecule has 25 heavy (non-hydrogen) atoms. The van der Waals surface area contributed by atoms with Gasteiger partial charge in [-0.2, -0.15) is 0 Å². The lowest BCUT2D eigenvalue weighted by atomic mass is 9.97. The molecular weight excluding hydrogens is 312 g/mol. The lowest BCUT2D eigenvalue weighted by Crippen LogP contribution is -2.45. The number of nitrogens with zero attached hydrogens (tertiary/aromatic N) is 3. The van der Waals surface area contributed by atoms with Crippen molar-refractivity contribution < 1.29 is 4.79 Å². The van der Waals surface area contributed by atoms with Crippen molar-refractivity contribution in [2.75, 3.05) is 13.1 Å². The summed E-state index contributed by atoms with van der Waals surface area (Å²) in [6, 6.07) is 10.1. The number of urea groups is 1. The van der Waals surface area contributed by atoms with Gasteiger partial charge in [0.25, 0.3) is 0 Å². The third kappa shape index (κ3) is 4.62. The zero-order chi connectivity index (χ0) is 17.5. The third-order valence-electron chi connectivity index (χ3n) is 4.86. The molecule has 1 aromatic carbocycles. The molecule has 0 aliphatic carbocycles. The van der Waals surface area contributed by atoms with Crippen LogP contribution >= 0.6 is 0 Å². The normalized spacial score (nSPS) is 17.5. The topological polar surface area (TPSA) is 50.2 Å². The predicted molar refractivity (Wildman–Crippen MR) is 99.4 cm³/mol. The van der Waals surface area contributed by atoms with Crippen molar-refractivity contribution in [3.8, 4) is 0 Å². The van der Waals surface area contributed by atoms with Crippen LogP contribution in [-0.4, -0.2) is 33.6 Å². The number of amides is 2. The number of imidazole rings is 1. The Morgan fingerprint density at radius 1 is 1.32 bits per heavy atom. The number of aryl methyl sites for hydroxylation is 1. The van der Waals surface area contributed by atoms with Crippen LogP contribution in [0.25, 0.3) is 0 Å². The number of nitrogens with one attached hydrogen (secondary N) is 1. The zero-order valence-corrected chi connectivity index (χ0v) is 15.0. The van der Waals surface area contributed by atoms with E-state index < -0.39 is 0 Å². The van der Waals surface area contributed by atoms with Crippen LogP contribution in [0.15, 0.2) is 42.7 Å². The molecule has 5 heteroatoms. The number of hydrogen-bond donors (Lipinski definition) is 1. The minimum absolute atomic E-state index is 0.0280. The summed E-state index contributed by atoms with van der Waals surface area (Å²) in [5.74, 6) is 1.47. The number of aromatic nitrogens is 2. The highest BCUT2D eigenvalue weighted by molar-refractivity contribution is 5.74. The van der Waals surface area contributed by atoms with Crippen LogP contribution < -0.4 is 5.32 Å². The minimum Gasteiger partial charge on any atom is -0.335 e. The molecule has 1 unspecified atom stereocenters. The smallest absolute Gasteiger partial charge is 0.317 e. The van der Waals surface area contributed by atoms with E-state index in [-0.39, 0.29) is 6.03 Å². The zero-order valence-electron chi connectivity index (χ0n) is 15.0. The van der Waals surface area contributed by atoms with Crippen molar-refractivity contribution in [3.05, 3.63) is 54.1 Å². The molecular formula is C20H28N4O. The van der Waals surface area contributed by atoms with E-state index >= 15 is 0 Å². The fourth-order valence-corrected chi connectivity index (χ4v) is 3.46. The van der Waals surface area contributed by atoms with Crippen molar-refractivity contribution >= 4 is 6.03 Å². The molecule has 1 atom stereocenters. The van der Waals surface area contributed by atoms with Crippen molar-refractivity contribution in [2.24, 2.45) is 0 Å². The van der Waals surface area contributed by atoms with Crippen LogP contribution in [-0.2, 0) is 13.1 Å². The average molecular weight is 340 g/mol. The van der Waals surface area contributed by atoms with E-state index in [1.54, 1.807) is 0 Å². The second-order valence-corrected chi connectivity index (χ2v) is 6.76. The van der Waals surface area contributed by atoms with Gasteiger partial charge in [0.1, 0.15) is 5.82 Å². The maximum atomic E-state index is 12.5. The molecule has 0 spiro atoms. The largest absolute Gasteiger partial charge is 0.335 e. The van der Waals surface area contributed by atoms with Gasteiger partial charge < -0.3 is 14.8 Å². The van der Waals surface area contributed by atoms with Gasteiger partial charge in [-0.25, -0.2) is 9.78 Å². The number of carbonyl (C=O) groups excluding carboxylic acids is 1. The summed E-state index contributed by atoms with van der Waals surface area (Å²) >= 11 is 0. The summed E-state index contributed by atoms with van der Waals surface area (Å²) in [5.41, 5.74) is 1.12. The molecule has 1 aromatic heterocycles. The second-order valence-electron chi connectivity index (χ2n) is 6.76. The van der Waals surface area contributed by atoms with Gasteiger partial charge in [-0.3, -0.25) is 0 Å². The quantitative estimate of drug-likeness (QED) is 0.870. The fourth-order valence-electron chi connectivity index (χ4n) is 3.46. The Hall–Kier alpha value is -2.30. The first kappa shape index (κ1) is 17.5. The minimum atomic E-state index is 0.0280. The molecule has 0 saturated carbocycles.